The smallest absolute Gasteiger partial charge is 0.221 e. The van der Waals surface area contributed by atoms with Crippen LogP contribution in [0.4, 0.5) is 5.69 Å². The van der Waals surface area contributed by atoms with E-state index in [0.29, 0.717) is 17.5 Å². The zero-order valence-corrected chi connectivity index (χ0v) is 9.33. The SMILES string of the molecule is COc1cc(NC(C)=O)c(C)c(C=O)c1O. The van der Waals surface area contributed by atoms with E-state index in [0.717, 1.165) is 0 Å². The molecule has 1 rings (SSSR count). The first-order valence-corrected chi connectivity index (χ1v) is 4.64. The molecule has 0 heterocycles. The van der Waals surface area contributed by atoms with Crippen molar-refractivity contribution < 1.29 is 19.4 Å². The lowest BCUT2D eigenvalue weighted by atomic mass is 10.1. The summed E-state index contributed by atoms with van der Waals surface area (Å²) < 4.78 is 4.90. The molecular formula is C11H13NO4. The highest BCUT2D eigenvalue weighted by atomic mass is 16.5. The van der Waals surface area contributed by atoms with Gasteiger partial charge in [0.05, 0.1) is 12.7 Å². The van der Waals surface area contributed by atoms with Crippen LogP contribution < -0.4 is 10.1 Å². The summed E-state index contributed by atoms with van der Waals surface area (Å²) in [7, 11) is 1.37. The topological polar surface area (TPSA) is 75.6 Å². The Labute approximate surface area is 93.0 Å². The highest BCUT2D eigenvalue weighted by Gasteiger charge is 2.15. The van der Waals surface area contributed by atoms with Crippen molar-refractivity contribution in [3.05, 3.63) is 17.2 Å². The second-order valence-electron chi connectivity index (χ2n) is 3.31. The lowest BCUT2D eigenvalue weighted by molar-refractivity contribution is -0.114. The van der Waals surface area contributed by atoms with E-state index in [4.69, 9.17) is 4.74 Å². The van der Waals surface area contributed by atoms with Crippen LogP contribution in [-0.2, 0) is 4.79 Å². The zero-order chi connectivity index (χ0) is 12.3. The molecule has 0 unspecified atom stereocenters. The summed E-state index contributed by atoms with van der Waals surface area (Å²) >= 11 is 0. The Hall–Kier alpha value is -2.04. The molecule has 1 aromatic carbocycles. The van der Waals surface area contributed by atoms with Gasteiger partial charge in [0.25, 0.3) is 0 Å². The average molecular weight is 223 g/mol. The van der Waals surface area contributed by atoms with Crippen molar-refractivity contribution in [3.63, 3.8) is 0 Å². The molecule has 0 spiro atoms. The maximum absolute atomic E-state index is 10.9. The number of aldehydes is 1. The van der Waals surface area contributed by atoms with E-state index in [9.17, 15) is 14.7 Å². The van der Waals surface area contributed by atoms with Crippen molar-refractivity contribution in [2.75, 3.05) is 12.4 Å². The first-order chi connectivity index (χ1) is 7.51. The van der Waals surface area contributed by atoms with Crippen LogP contribution in [0.1, 0.15) is 22.8 Å². The summed E-state index contributed by atoms with van der Waals surface area (Å²) in [4.78, 5) is 21.8. The van der Waals surface area contributed by atoms with E-state index in [1.54, 1.807) is 6.92 Å². The molecule has 5 heteroatoms. The maximum atomic E-state index is 10.9. The van der Waals surface area contributed by atoms with Crippen LogP contribution in [0.5, 0.6) is 11.5 Å². The summed E-state index contributed by atoms with van der Waals surface area (Å²) in [5.41, 5.74) is 1.07. The Morgan fingerprint density at radius 2 is 2.19 bits per heavy atom. The van der Waals surface area contributed by atoms with Crippen molar-refractivity contribution in [1.82, 2.24) is 0 Å². The van der Waals surface area contributed by atoms with E-state index in [-0.39, 0.29) is 23.0 Å². The predicted octanol–water partition coefficient (Wildman–Crippen LogP) is 1.48. The molecule has 5 nitrogen and oxygen atoms in total. The molecule has 0 radical (unpaired) electrons. The van der Waals surface area contributed by atoms with Crippen molar-refractivity contribution in [3.8, 4) is 11.5 Å². The number of ether oxygens (including phenoxy) is 1. The number of anilines is 1. The summed E-state index contributed by atoms with van der Waals surface area (Å²) in [5.74, 6) is -0.326. The van der Waals surface area contributed by atoms with E-state index >= 15 is 0 Å². The summed E-state index contributed by atoms with van der Waals surface area (Å²) in [5, 5.41) is 12.2. The normalized spacial score (nSPS) is 9.69. The maximum Gasteiger partial charge on any atom is 0.221 e. The third kappa shape index (κ3) is 2.13. The Morgan fingerprint density at radius 3 is 2.62 bits per heavy atom. The lowest BCUT2D eigenvalue weighted by Crippen LogP contribution is -2.08. The quantitative estimate of drug-likeness (QED) is 0.601. The van der Waals surface area contributed by atoms with E-state index in [1.165, 1.54) is 20.1 Å². The molecule has 0 bridgehead atoms. The average Bonchev–Trinajstić information content (AvgIpc) is 2.22. The van der Waals surface area contributed by atoms with Crippen LogP contribution >= 0.6 is 0 Å². The second kappa shape index (κ2) is 4.65. The number of hydrogen-bond donors (Lipinski definition) is 2. The monoisotopic (exact) mass is 223 g/mol. The third-order valence-electron chi connectivity index (χ3n) is 2.22. The minimum absolute atomic E-state index is 0.114. The summed E-state index contributed by atoms with van der Waals surface area (Å²) in [6.45, 7) is 2.99. The lowest BCUT2D eigenvalue weighted by Gasteiger charge is -2.13. The van der Waals surface area contributed by atoms with Gasteiger partial charge in [-0.3, -0.25) is 9.59 Å². The second-order valence-corrected chi connectivity index (χ2v) is 3.31. The molecule has 86 valence electrons. The van der Waals surface area contributed by atoms with Crippen molar-refractivity contribution in [2.45, 2.75) is 13.8 Å². The minimum atomic E-state index is -0.257. The molecular weight excluding hydrogens is 210 g/mol. The summed E-state index contributed by atoms with van der Waals surface area (Å²) in [6.07, 6.45) is 0.526. The molecule has 16 heavy (non-hydrogen) atoms. The Balaban J connectivity index is 3.39. The van der Waals surface area contributed by atoms with Gasteiger partial charge in [-0.1, -0.05) is 0 Å². The number of hydrogen-bond acceptors (Lipinski definition) is 4. The fourth-order valence-electron chi connectivity index (χ4n) is 1.38. The molecule has 1 amide bonds. The van der Waals surface area contributed by atoms with Gasteiger partial charge in [0.15, 0.2) is 17.8 Å². The fraction of sp³-hybridized carbons (Fsp3) is 0.273. The number of phenolic OH excluding ortho intramolecular Hbond substituents is 1. The molecule has 0 aromatic heterocycles. The first kappa shape index (κ1) is 12.0. The Kier molecular flexibility index (Phi) is 3.50. The number of aromatic hydroxyl groups is 1. The molecule has 0 aliphatic carbocycles. The molecule has 1 aromatic rings. The van der Waals surface area contributed by atoms with Crippen LogP contribution in [0, 0.1) is 6.92 Å². The van der Waals surface area contributed by atoms with Gasteiger partial charge in [-0.2, -0.15) is 0 Å². The summed E-state index contributed by atoms with van der Waals surface area (Å²) in [6, 6.07) is 1.47. The number of nitrogens with one attached hydrogen (secondary N) is 1. The molecule has 0 fully saturated rings. The number of phenols is 1. The van der Waals surface area contributed by atoms with Crippen LogP contribution in [0.2, 0.25) is 0 Å². The Morgan fingerprint density at radius 1 is 1.56 bits per heavy atom. The molecule has 0 aliphatic rings. The van der Waals surface area contributed by atoms with Gasteiger partial charge in [-0.15, -0.1) is 0 Å². The number of methoxy groups -OCH3 is 1. The first-order valence-electron chi connectivity index (χ1n) is 4.64. The van der Waals surface area contributed by atoms with Crippen LogP contribution in [0.15, 0.2) is 6.07 Å². The van der Waals surface area contributed by atoms with Gasteiger partial charge in [0, 0.05) is 18.7 Å². The number of benzene rings is 1. The van der Waals surface area contributed by atoms with Gasteiger partial charge >= 0.3 is 0 Å². The van der Waals surface area contributed by atoms with Gasteiger partial charge in [0.1, 0.15) is 0 Å². The van der Waals surface area contributed by atoms with Crippen molar-refractivity contribution in [1.29, 1.82) is 0 Å². The standard InChI is InChI=1S/C11H13NO4/c1-6-8(5-13)11(15)10(16-3)4-9(6)12-7(2)14/h4-5,15H,1-3H3,(H,12,14). The molecule has 0 saturated heterocycles. The highest BCUT2D eigenvalue weighted by Crippen LogP contribution is 2.36. The van der Waals surface area contributed by atoms with Crippen LogP contribution in [0.25, 0.3) is 0 Å². The Bertz CT molecular complexity index is 440. The fourth-order valence-corrected chi connectivity index (χ4v) is 1.38. The van der Waals surface area contributed by atoms with Crippen molar-refractivity contribution in [2.24, 2.45) is 0 Å². The van der Waals surface area contributed by atoms with Gasteiger partial charge in [-0.25, -0.2) is 0 Å². The van der Waals surface area contributed by atoms with Gasteiger partial charge in [0.2, 0.25) is 5.91 Å². The molecule has 0 atom stereocenters. The largest absolute Gasteiger partial charge is 0.504 e. The number of amides is 1. The minimum Gasteiger partial charge on any atom is -0.504 e. The van der Waals surface area contributed by atoms with E-state index < -0.39 is 0 Å². The zero-order valence-electron chi connectivity index (χ0n) is 9.33. The van der Waals surface area contributed by atoms with Crippen molar-refractivity contribution >= 4 is 17.9 Å². The van der Waals surface area contributed by atoms with Gasteiger partial charge < -0.3 is 15.2 Å². The highest BCUT2D eigenvalue weighted by molar-refractivity contribution is 5.94. The van der Waals surface area contributed by atoms with Crippen LogP contribution in [0.3, 0.4) is 0 Å². The molecule has 0 saturated carbocycles. The number of carbonyl (C=O) groups is 2. The van der Waals surface area contributed by atoms with Crippen LogP contribution in [-0.4, -0.2) is 24.4 Å². The van der Waals surface area contributed by atoms with E-state index in [2.05, 4.69) is 5.32 Å². The van der Waals surface area contributed by atoms with Gasteiger partial charge in [-0.05, 0) is 12.5 Å². The number of carbonyl (C=O) groups excluding carboxylic acids is 2. The molecule has 2 N–H and O–H groups in total. The van der Waals surface area contributed by atoms with E-state index in [1.807, 2.05) is 0 Å². The number of rotatable bonds is 3. The third-order valence-corrected chi connectivity index (χ3v) is 2.22. The molecule has 0 aliphatic heterocycles. The predicted molar refractivity (Wildman–Crippen MR) is 59.1 cm³/mol.